The molecule has 1 aliphatic heterocycles. The van der Waals surface area contributed by atoms with E-state index in [0.29, 0.717) is 17.0 Å². The number of carbonyl (C=O) groups is 3. The third kappa shape index (κ3) is 5.58. The highest BCUT2D eigenvalue weighted by Crippen LogP contribution is 2.39. The Morgan fingerprint density at radius 2 is 1.88 bits per heavy atom. The molecule has 174 valence electrons. The molecule has 10 nitrogen and oxygen atoms in total. The topological polar surface area (TPSA) is 119 Å². The predicted molar refractivity (Wildman–Crippen MR) is 119 cm³/mol. The highest BCUT2D eigenvalue weighted by Gasteiger charge is 2.46. The number of nitro benzene ring substituents is 1. The van der Waals surface area contributed by atoms with E-state index in [9.17, 15) is 24.5 Å². The van der Waals surface area contributed by atoms with Gasteiger partial charge in [0.05, 0.1) is 17.7 Å². The summed E-state index contributed by atoms with van der Waals surface area (Å²) in [4.78, 5) is 50.9. The third-order valence-electron chi connectivity index (χ3n) is 4.97. The number of ether oxygens (including phenoxy) is 2. The molecule has 1 aliphatic rings. The van der Waals surface area contributed by atoms with Crippen LogP contribution in [0.25, 0.3) is 0 Å². The van der Waals surface area contributed by atoms with Gasteiger partial charge in [-0.25, -0.2) is 9.59 Å². The van der Waals surface area contributed by atoms with Gasteiger partial charge < -0.3 is 9.47 Å². The minimum absolute atomic E-state index is 0.0263. The normalized spacial score (nSPS) is 14.8. The van der Waals surface area contributed by atoms with Gasteiger partial charge >= 0.3 is 12.1 Å². The van der Waals surface area contributed by atoms with E-state index < -0.39 is 22.5 Å². The first-order chi connectivity index (χ1) is 15.0. The van der Waals surface area contributed by atoms with Crippen molar-refractivity contribution in [3.05, 3.63) is 51.3 Å². The summed E-state index contributed by atoms with van der Waals surface area (Å²) in [5, 5.41) is 10.8. The average molecular weight is 466 g/mol. The summed E-state index contributed by atoms with van der Waals surface area (Å²) in [5.74, 6) is -0.474. The van der Waals surface area contributed by atoms with E-state index in [1.807, 2.05) is 6.26 Å². The molecule has 0 fully saturated rings. The molecule has 0 bridgehead atoms. The zero-order chi connectivity index (χ0) is 24.1. The van der Waals surface area contributed by atoms with Gasteiger partial charge in [-0.2, -0.15) is 11.8 Å². The zero-order valence-corrected chi connectivity index (χ0v) is 19.6. The summed E-state index contributed by atoms with van der Waals surface area (Å²) in [7, 11) is 1.22. The van der Waals surface area contributed by atoms with Crippen LogP contribution in [0, 0.1) is 10.1 Å². The molecule has 0 atom stereocenters. The van der Waals surface area contributed by atoms with Gasteiger partial charge in [0.25, 0.3) is 5.69 Å². The number of esters is 1. The van der Waals surface area contributed by atoms with Crippen LogP contribution in [-0.2, 0) is 25.7 Å². The Balaban J connectivity index is 2.34. The first-order valence-electron chi connectivity index (χ1n) is 9.82. The molecule has 0 N–H and O–H groups in total. The second-order valence-electron chi connectivity index (χ2n) is 7.75. The maximum atomic E-state index is 13.0. The molecule has 1 heterocycles. The number of methoxy groups -OCH3 is 1. The summed E-state index contributed by atoms with van der Waals surface area (Å²) < 4.78 is 10.3. The summed E-state index contributed by atoms with van der Waals surface area (Å²) >= 11 is 1.51. The number of hydrogen-bond acceptors (Lipinski definition) is 8. The van der Waals surface area contributed by atoms with E-state index in [0.717, 1.165) is 0 Å². The summed E-state index contributed by atoms with van der Waals surface area (Å²) in [6.07, 6.45) is 1.46. The number of amides is 2. The fraction of sp³-hybridized carbons (Fsp3) is 0.476. The van der Waals surface area contributed by atoms with Crippen LogP contribution in [0.3, 0.4) is 0 Å². The van der Waals surface area contributed by atoms with Gasteiger partial charge in [-0.05, 0) is 37.8 Å². The summed E-state index contributed by atoms with van der Waals surface area (Å²) in [6, 6.07) is 5.67. The SMILES string of the molecule is COC(=O)C1=C(N(CCSC)C(=O)OCc2ccc([N+](=O)[O-])cc2)CC(C)(C)N1C(C)=O. The lowest BCUT2D eigenvalue weighted by Crippen LogP contribution is -2.43. The molecule has 32 heavy (non-hydrogen) atoms. The number of benzene rings is 1. The molecule has 0 saturated heterocycles. The van der Waals surface area contributed by atoms with Gasteiger partial charge in [0, 0.05) is 43.3 Å². The van der Waals surface area contributed by atoms with Crippen molar-refractivity contribution in [1.29, 1.82) is 0 Å². The molecule has 0 aromatic heterocycles. The molecule has 2 rings (SSSR count). The standard InChI is InChI=1S/C21H27N3O7S/c1-14(25)23-18(19(26)30-4)17(12-21(23,2)3)22(10-11-32-5)20(27)31-13-15-6-8-16(9-7-15)24(28)29/h6-9H,10-13H2,1-5H3. The first kappa shape index (κ1) is 25.2. The van der Waals surface area contributed by atoms with Crippen LogP contribution in [0.1, 0.15) is 32.8 Å². The number of non-ortho nitro benzene ring substituents is 1. The fourth-order valence-electron chi connectivity index (χ4n) is 3.57. The maximum absolute atomic E-state index is 13.0. The Morgan fingerprint density at radius 3 is 2.38 bits per heavy atom. The van der Waals surface area contributed by atoms with Gasteiger partial charge in [-0.3, -0.25) is 24.7 Å². The van der Waals surface area contributed by atoms with E-state index in [1.54, 1.807) is 13.8 Å². The lowest BCUT2D eigenvalue weighted by molar-refractivity contribution is -0.384. The van der Waals surface area contributed by atoms with Crippen LogP contribution in [0.4, 0.5) is 10.5 Å². The lowest BCUT2D eigenvalue weighted by Gasteiger charge is -2.31. The van der Waals surface area contributed by atoms with E-state index in [2.05, 4.69) is 0 Å². The van der Waals surface area contributed by atoms with Crippen molar-refractivity contribution in [2.45, 2.75) is 39.3 Å². The van der Waals surface area contributed by atoms with E-state index >= 15 is 0 Å². The van der Waals surface area contributed by atoms with Crippen molar-refractivity contribution in [2.24, 2.45) is 0 Å². The Morgan fingerprint density at radius 1 is 1.25 bits per heavy atom. The molecule has 1 aromatic carbocycles. The molecule has 0 aliphatic carbocycles. The highest BCUT2D eigenvalue weighted by molar-refractivity contribution is 7.98. The first-order valence-corrected chi connectivity index (χ1v) is 11.2. The quantitative estimate of drug-likeness (QED) is 0.326. The molecule has 0 unspecified atom stereocenters. The minimum Gasteiger partial charge on any atom is -0.464 e. The maximum Gasteiger partial charge on any atom is 0.414 e. The van der Waals surface area contributed by atoms with Crippen LogP contribution >= 0.6 is 11.8 Å². The van der Waals surface area contributed by atoms with E-state index in [1.165, 1.54) is 59.9 Å². The van der Waals surface area contributed by atoms with Crippen LogP contribution < -0.4 is 0 Å². The Labute approximate surface area is 190 Å². The highest BCUT2D eigenvalue weighted by atomic mass is 32.2. The van der Waals surface area contributed by atoms with E-state index in [-0.39, 0.29) is 36.9 Å². The number of nitro groups is 1. The molecule has 0 spiro atoms. The molecular formula is C21H27N3O7S. The number of rotatable bonds is 8. The molecule has 2 amide bonds. The van der Waals surface area contributed by atoms with Crippen molar-refractivity contribution >= 4 is 35.4 Å². The van der Waals surface area contributed by atoms with Crippen molar-refractivity contribution in [3.63, 3.8) is 0 Å². The Hall–Kier alpha value is -3.08. The molecule has 0 saturated carbocycles. The van der Waals surface area contributed by atoms with Gasteiger partial charge in [-0.1, -0.05) is 0 Å². The minimum atomic E-state index is -0.735. The Bertz CT molecular complexity index is 928. The van der Waals surface area contributed by atoms with Crippen molar-refractivity contribution in [3.8, 4) is 0 Å². The third-order valence-corrected chi connectivity index (χ3v) is 5.56. The van der Waals surface area contributed by atoms with Crippen LogP contribution in [0.15, 0.2) is 35.7 Å². The monoisotopic (exact) mass is 465 g/mol. The van der Waals surface area contributed by atoms with Crippen molar-refractivity contribution < 1.29 is 28.8 Å². The van der Waals surface area contributed by atoms with Gasteiger partial charge in [0.2, 0.25) is 5.91 Å². The smallest absolute Gasteiger partial charge is 0.414 e. The number of nitrogens with zero attached hydrogens (tertiary/aromatic N) is 3. The zero-order valence-electron chi connectivity index (χ0n) is 18.7. The van der Waals surface area contributed by atoms with Gasteiger partial charge in [0.1, 0.15) is 6.61 Å². The largest absolute Gasteiger partial charge is 0.464 e. The second-order valence-corrected chi connectivity index (χ2v) is 8.74. The van der Waals surface area contributed by atoms with Crippen molar-refractivity contribution in [1.82, 2.24) is 9.80 Å². The van der Waals surface area contributed by atoms with Crippen LogP contribution in [-0.4, -0.2) is 63.9 Å². The molecular weight excluding hydrogens is 438 g/mol. The van der Waals surface area contributed by atoms with Crippen LogP contribution in [0.5, 0.6) is 0 Å². The summed E-state index contributed by atoms with van der Waals surface area (Å²) in [5.41, 5.74) is 0.166. The molecule has 0 radical (unpaired) electrons. The average Bonchev–Trinajstić information content (AvgIpc) is 3.03. The van der Waals surface area contributed by atoms with Gasteiger partial charge in [0.15, 0.2) is 5.70 Å². The molecule has 11 heteroatoms. The number of carbonyl (C=O) groups excluding carboxylic acids is 3. The summed E-state index contributed by atoms with van der Waals surface area (Å²) in [6.45, 7) is 5.12. The van der Waals surface area contributed by atoms with Crippen molar-refractivity contribution in [2.75, 3.05) is 25.7 Å². The predicted octanol–water partition coefficient (Wildman–Crippen LogP) is 3.31. The molecule has 1 aromatic rings. The fourth-order valence-corrected chi connectivity index (χ4v) is 3.94. The number of thioether (sulfide) groups is 1. The number of hydrogen-bond donors (Lipinski definition) is 0. The van der Waals surface area contributed by atoms with Crippen LogP contribution in [0.2, 0.25) is 0 Å². The Kier molecular flexibility index (Phi) is 8.25. The van der Waals surface area contributed by atoms with Gasteiger partial charge in [-0.15, -0.1) is 0 Å². The second kappa shape index (κ2) is 10.5. The van der Waals surface area contributed by atoms with E-state index in [4.69, 9.17) is 9.47 Å². The lowest BCUT2D eigenvalue weighted by atomic mass is 10.0.